The summed E-state index contributed by atoms with van der Waals surface area (Å²) in [6.45, 7) is 2.25. The van der Waals surface area contributed by atoms with E-state index in [1.54, 1.807) is 0 Å². The smallest absolute Gasteiger partial charge is 0.164 e. The minimum absolute atomic E-state index is 0.598. The van der Waals surface area contributed by atoms with Crippen LogP contribution in [0.2, 0.25) is 0 Å². The van der Waals surface area contributed by atoms with Gasteiger partial charge < -0.3 is 4.42 Å². The number of fused-ring (bicyclic) bond motifs is 4. The predicted molar refractivity (Wildman–Crippen MR) is 223 cm³/mol. The van der Waals surface area contributed by atoms with Crippen molar-refractivity contribution in [2.75, 3.05) is 0 Å². The second-order valence-corrected chi connectivity index (χ2v) is 14.1. The Bertz CT molecular complexity index is 2900. The molecule has 2 heterocycles. The van der Waals surface area contributed by atoms with Crippen LogP contribution in [0, 0.1) is 5.92 Å². The second-order valence-electron chi connectivity index (χ2n) is 14.1. The molecule has 4 heteroatoms. The molecule has 256 valence electrons. The first-order valence-electron chi connectivity index (χ1n) is 18.5. The van der Waals surface area contributed by atoms with E-state index in [9.17, 15) is 0 Å². The largest absolute Gasteiger partial charge is 0.456 e. The van der Waals surface area contributed by atoms with Gasteiger partial charge in [0.05, 0.1) is 0 Å². The molecule has 0 radical (unpaired) electrons. The first-order valence-corrected chi connectivity index (χ1v) is 18.5. The fourth-order valence-electron chi connectivity index (χ4n) is 7.51. The lowest BCUT2D eigenvalue weighted by atomic mass is 9.93. The van der Waals surface area contributed by atoms with Crippen molar-refractivity contribution >= 4 is 38.3 Å². The van der Waals surface area contributed by atoms with Crippen LogP contribution in [0.15, 0.2) is 180 Å². The summed E-state index contributed by atoms with van der Waals surface area (Å²) >= 11 is 0. The number of nitrogens with zero attached hydrogens (tertiary/aromatic N) is 3. The van der Waals surface area contributed by atoms with Crippen LogP contribution in [0.1, 0.15) is 18.9 Å². The molecule has 54 heavy (non-hydrogen) atoms. The minimum atomic E-state index is 0.598. The average Bonchev–Trinajstić information content (AvgIpc) is 3.62. The number of benzene rings is 7. The molecular formula is C50H35N3O. The van der Waals surface area contributed by atoms with Gasteiger partial charge in [0.25, 0.3) is 0 Å². The van der Waals surface area contributed by atoms with Crippen molar-refractivity contribution in [2.45, 2.75) is 13.3 Å². The molecule has 0 N–H and O–H groups in total. The third kappa shape index (κ3) is 5.88. The number of hydrogen-bond donors (Lipinski definition) is 0. The van der Waals surface area contributed by atoms with E-state index in [0.717, 1.165) is 67.1 Å². The molecule has 9 aromatic rings. The third-order valence-electron chi connectivity index (χ3n) is 10.5. The van der Waals surface area contributed by atoms with Gasteiger partial charge in [-0.05, 0) is 80.8 Å². The first-order chi connectivity index (χ1) is 26.6. The van der Waals surface area contributed by atoms with Gasteiger partial charge in [-0.2, -0.15) is 0 Å². The van der Waals surface area contributed by atoms with Crippen LogP contribution >= 0.6 is 0 Å². The molecule has 0 saturated heterocycles. The molecular weight excluding hydrogens is 659 g/mol. The van der Waals surface area contributed by atoms with Crippen LogP contribution in [-0.2, 0) is 0 Å². The van der Waals surface area contributed by atoms with E-state index in [0.29, 0.717) is 23.4 Å². The third-order valence-corrected chi connectivity index (χ3v) is 10.5. The van der Waals surface area contributed by atoms with Crippen molar-refractivity contribution in [3.8, 4) is 56.4 Å². The van der Waals surface area contributed by atoms with Crippen molar-refractivity contribution in [1.82, 2.24) is 15.0 Å². The van der Waals surface area contributed by atoms with Gasteiger partial charge >= 0.3 is 0 Å². The summed E-state index contributed by atoms with van der Waals surface area (Å²) < 4.78 is 6.55. The summed E-state index contributed by atoms with van der Waals surface area (Å²) in [6.07, 6.45) is 7.94. The molecule has 1 aliphatic rings. The summed E-state index contributed by atoms with van der Waals surface area (Å²) in [7, 11) is 0. The highest BCUT2D eigenvalue weighted by Crippen LogP contribution is 2.39. The molecule has 0 bridgehead atoms. The van der Waals surface area contributed by atoms with Crippen molar-refractivity contribution in [1.29, 1.82) is 0 Å². The van der Waals surface area contributed by atoms with Crippen molar-refractivity contribution in [3.05, 3.63) is 182 Å². The molecule has 0 saturated carbocycles. The predicted octanol–water partition coefficient (Wildman–Crippen LogP) is 13.2. The summed E-state index contributed by atoms with van der Waals surface area (Å²) in [4.78, 5) is 15.4. The monoisotopic (exact) mass is 693 g/mol. The number of hydrogen-bond acceptors (Lipinski definition) is 4. The van der Waals surface area contributed by atoms with Crippen LogP contribution in [0.3, 0.4) is 0 Å². The fourth-order valence-corrected chi connectivity index (χ4v) is 7.51. The zero-order chi connectivity index (χ0) is 36.0. The average molecular weight is 694 g/mol. The van der Waals surface area contributed by atoms with E-state index >= 15 is 0 Å². The molecule has 0 aliphatic heterocycles. The number of allylic oxidation sites excluding steroid dienone is 4. The lowest BCUT2D eigenvalue weighted by molar-refractivity contribution is 0.669. The Morgan fingerprint density at radius 1 is 0.481 bits per heavy atom. The number of furan rings is 1. The van der Waals surface area contributed by atoms with Crippen molar-refractivity contribution in [3.63, 3.8) is 0 Å². The van der Waals surface area contributed by atoms with E-state index in [2.05, 4.69) is 165 Å². The molecule has 2 aromatic heterocycles. The minimum Gasteiger partial charge on any atom is -0.456 e. The van der Waals surface area contributed by atoms with Crippen LogP contribution < -0.4 is 0 Å². The summed E-state index contributed by atoms with van der Waals surface area (Å²) in [5.74, 6) is 2.44. The molecule has 1 atom stereocenters. The van der Waals surface area contributed by atoms with Gasteiger partial charge in [0.15, 0.2) is 17.5 Å². The molecule has 10 rings (SSSR count). The van der Waals surface area contributed by atoms with Crippen LogP contribution in [0.5, 0.6) is 0 Å². The molecule has 0 spiro atoms. The highest BCUT2D eigenvalue weighted by atomic mass is 16.3. The molecule has 0 amide bonds. The van der Waals surface area contributed by atoms with Gasteiger partial charge in [-0.15, -0.1) is 0 Å². The zero-order valence-electron chi connectivity index (χ0n) is 29.8. The number of rotatable bonds is 6. The van der Waals surface area contributed by atoms with E-state index < -0.39 is 0 Å². The van der Waals surface area contributed by atoms with Gasteiger partial charge in [-0.1, -0.05) is 159 Å². The van der Waals surface area contributed by atoms with Gasteiger partial charge in [0.1, 0.15) is 11.2 Å². The van der Waals surface area contributed by atoms with Gasteiger partial charge in [0, 0.05) is 27.5 Å². The molecule has 7 aromatic carbocycles. The maximum absolute atomic E-state index is 6.55. The highest BCUT2D eigenvalue weighted by Gasteiger charge is 2.19. The van der Waals surface area contributed by atoms with Gasteiger partial charge in [0.2, 0.25) is 0 Å². The van der Waals surface area contributed by atoms with E-state index in [4.69, 9.17) is 19.4 Å². The Morgan fingerprint density at radius 3 is 1.89 bits per heavy atom. The number of aromatic nitrogens is 3. The Labute approximate surface area is 313 Å². The Balaban J connectivity index is 1.08. The maximum atomic E-state index is 6.55. The second kappa shape index (κ2) is 13.3. The van der Waals surface area contributed by atoms with Crippen LogP contribution in [0.4, 0.5) is 0 Å². The zero-order valence-corrected chi connectivity index (χ0v) is 29.8. The fraction of sp³-hybridized carbons (Fsp3) is 0.0600. The SMILES string of the molecule is CC1C=CC(c2ccc(-c3ccc4c(c3)oc3cccc(-c5nc(-c6ccc(-c7ccccc7)cc6)nc(-c6ccc7ccccc7c6)n5)c34)cc2)=CC1. The van der Waals surface area contributed by atoms with Crippen molar-refractivity contribution in [2.24, 2.45) is 5.92 Å². The normalized spacial score (nSPS) is 14.2. The van der Waals surface area contributed by atoms with E-state index in [-0.39, 0.29) is 0 Å². The molecule has 0 fully saturated rings. The van der Waals surface area contributed by atoms with E-state index in [1.165, 1.54) is 22.1 Å². The maximum Gasteiger partial charge on any atom is 0.164 e. The van der Waals surface area contributed by atoms with Crippen LogP contribution in [-0.4, -0.2) is 15.0 Å². The summed E-state index contributed by atoms with van der Waals surface area (Å²) in [6, 6.07) is 55.0. The first kappa shape index (κ1) is 31.8. The highest BCUT2D eigenvalue weighted by molar-refractivity contribution is 6.12. The topological polar surface area (TPSA) is 51.8 Å². The summed E-state index contributed by atoms with van der Waals surface area (Å²) in [5, 5.41) is 4.32. The Kier molecular flexibility index (Phi) is 7.80. The summed E-state index contributed by atoms with van der Waals surface area (Å²) in [5.41, 5.74) is 11.5. The van der Waals surface area contributed by atoms with Gasteiger partial charge in [-0.3, -0.25) is 0 Å². The quantitative estimate of drug-likeness (QED) is 0.174. The van der Waals surface area contributed by atoms with E-state index in [1.807, 2.05) is 18.2 Å². The molecule has 1 unspecified atom stereocenters. The Morgan fingerprint density at radius 2 is 1.11 bits per heavy atom. The van der Waals surface area contributed by atoms with Crippen LogP contribution in [0.25, 0.3) is 94.7 Å². The molecule has 4 nitrogen and oxygen atoms in total. The standard InChI is InChI=1S/C50H35N3O/c1-32-14-16-35(17-15-32)37-18-20-38(21-19-37)41-28-29-43-46(31-41)54-45-13-7-12-44(47(43)45)50-52-48(39-25-22-36(23-26-39)33-8-3-2-4-9-33)51-49(53-50)42-27-24-34-10-5-6-11-40(34)30-42/h2-14,16-32H,15H2,1H3. The van der Waals surface area contributed by atoms with Crippen molar-refractivity contribution < 1.29 is 4.42 Å². The lowest BCUT2D eigenvalue weighted by Crippen LogP contribution is -2.00. The van der Waals surface area contributed by atoms with Gasteiger partial charge in [-0.25, -0.2) is 15.0 Å². The Hall–Kier alpha value is -6.91. The molecule has 1 aliphatic carbocycles. The lowest BCUT2D eigenvalue weighted by Gasteiger charge is -2.12.